The van der Waals surface area contributed by atoms with Crippen molar-refractivity contribution in [2.45, 2.75) is 53.9 Å². The van der Waals surface area contributed by atoms with E-state index in [1.54, 1.807) is 0 Å². The molecule has 5 rings (SSSR count). The Morgan fingerprint density at radius 2 is 1.41 bits per heavy atom. The van der Waals surface area contributed by atoms with Gasteiger partial charge in [-0.1, -0.05) is 63.2 Å². The topological polar surface area (TPSA) is 12.5 Å². The fourth-order valence-corrected chi connectivity index (χ4v) is 4.89. The van der Waals surface area contributed by atoms with Gasteiger partial charge < -0.3 is 9.64 Å². The van der Waals surface area contributed by atoms with E-state index in [1.165, 1.54) is 38.7 Å². The molecule has 0 saturated carbocycles. The summed E-state index contributed by atoms with van der Waals surface area (Å²) in [6.07, 6.45) is 0. The van der Waals surface area contributed by atoms with E-state index in [-0.39, 0.29) is 5.41 Å². The second kappa shape index (κ2) is 7.13. The minimum absolute atomic E-state index is 0.106. The Morgan fingerprint density at radius 1 is 0.719 bits per heavy atom. The number of benzene rings is 4. The van der Waals surface area contributed by atoms with Crippen LogP contribution in [0.5, 0.6) is 11.5 Å². The molecule has 0 unspecified atom stereocenters. The van der Waals surface area contributed by atoms with Crippen LogP contribution in [0.15, 0.2) is 60.7 Å². The highest BCUT2D eigenvalue weighted by Crippen LogP contribution is 2.55. The molecule has 0 radical (unpaired) electrons. The number of hydrogen-bond donors (Lipinski definition) is 0. The van der Waals surface area contributed by atoms with Gasteiger partial charge in [-0.3, -0.25) is 0 Å². The summed E-state index contributed by atoms with van der Waals surface area (Å²) in [7, 11) is 0. The first-order chi connectivity index (χ1) is 15.1. The van der Waals surface area contributed by atoms with E-state index in [2.05, 4.69) is 114 Å². The molecule has 4 aromatic carbocycles. The van der Waals surface area contributed by atoms with Crippen molar-refractivity contribution in [2.75, 3.05) is 4.90 Å². The number of hydrogen-bond acceptors (Lipinski definition) is 2. The molecule has 1 aliphatic heterocycles. The summed E-state index contributed by atoms with van der Waals surface area (Å²) in [6.45, 7) is 15.6. The quantitative estimate of drug-likeness (QED) is 0.268. The summed E-state index contributed by atoms with van der Waals surface area (Å²) in [5.41, 5.74) is 9.83. The van der Waals surface area contributed by atoms with Gasteiger partial charge in [-0.05, 0) is 84.5 Å². The van der Waals surface area contributed by atoms with E-state index in [0.717, 1.165) is 28.4 Å². The highest BCUT2D eigenvalue weighted by atomic mass is 16.5. The van der Waals surface area contributed by atoms with Crippen LogP contribution in [0.4, 0.5) is 17.1 Å². The smallest absolute Gasteiger partial charge is 0.155 e. The van der Waals surface area contributed by atoms with Crippen LogP contribution in [0.1, 0.15) is 48.6 Å². The van der Waals surface area contributed by atoms with Gasteiger partial charge in [0.15, 0.2) is 11.5 Å². The molecule has 1 heterocycles. The standard InChI is InChI=1S/C30H31NO/c1-18-12-13-25-26(14-18)32-29-21(4)15-22-10-8-9-11-24(22)28(29)31(25)27-19(2)16-23(17-20(27)3)30(5,6)7/h8-17H,1-7H3. The van der Waals surface area contributed by atoms with Crippen molar-refractivity contribution >= 4 is 27.8 Å². The molecular formula is C30H31NO. The maximum absolute atomic E-state index is 6.56. The Labute approximate surface area is 191 Å². The van der Waals surface area contributed by atoms with Crippen LogP contribution < -0.4 is 9.64 Å². The molecule has 0 spiro atoms. The fourth-order valence-electron chi connectivity index (χ4n) is 4.89. The molecule has 2 nitrogen and oxygen atoms in total. The minimum atomic E-state index is 0.106. The Bertz CT molecular complexity index is 1350. The monoisotopic (exact) mass is 421 g/mol. The fraction of sp³-hybridized carbons (Fsp3) is 0.267. The second-order valence-electron chi connectivity index (χ2n) is 10.2. The van der Waals surface area contributed by atoms with Gasteiger partial charge in [0.2, 0.25) is 0 Å². The first-order valence-electron chi connectivity index (χ1n) is 11.4. The minimum Gasteiger partial charge on any atom is -0.453 e. The molecule has 1 aliphatic rings. The van der Waals surface area contributed by atoms with Crippen molar-refractivity contribution in [2.24, 2.45) is 0 Å². The molecule has 32 heavy (non-hydrogen) atoms. The van der Waals surface area contributed by atoms with Crippen molar-refractivity contribution in [1.29, 1.82) is 0 Å². The van der Waals surface area contributed by atoms with Gasteiger partial charge in [-0.2, -0.15) is 0 Å². The maximum Gasteiger partial charge on any atom is 0.155 e. The average molecular weight is 422 g/mol. The van der Waals surface area contributed by atoms with E-state index in [0.29, 0.717) is 0 Å². The molecule has 0 fully saturated rings. The lowest BCUT2D eigenvalue weighted by atomic mass is 9.84. The van der Waals surface area contributed by atoms with Crippen molar-refractivity contribution in [3.63, 3.8) is 0 Å². The van der Waals surface area contributed by atoms with E-state index in [1.807, 2.05) is 0 Å². The van der Waals surface area contributed by atoms with Gasteiger partial charge in [0, 0.05) is 5.39 Å². The summed E-state index contributed by atoms with van der Waals surface area (Å²) >= 11 is 0. The predicted octanol–water partition coefficient (Wildman–Crippen LogP) is 8.95. The molecule has 0 amide bonds. The number of aryl methyl sites for hydroxylation is 4. The van der Waals surface area contributed by atoms with Crippen molar-refractivity contribution in [3.05, 3.63) is 88.5 Å². The number of nitrogens with zero attached hydrogens (tertiary/aromatic N) is 1. The zero-order chi connectivity index (χ0) is 22.8. The van der Waals surface area contributed by atoms with Gasteiger partial charge in [-0.25, -0.2) is 0 Å². The van der Waals surface area contributed by atoms with E-state index < -0.39 is 0 Å². The number of fused-ring (bicyclic) bond motifs is 4. The molecule has 0 atom stereocenters. The molecule has 0 N–H and O–H groups in total. The number of rotatable bonds is 1. The van der Waals surface area contributed by atoms with Crippen LogP contribution in [-0.4, -0.2) is 0 Å². The van der Waals surface area contributed by atoms with Crippen LogP contribution in [0.25, 0.3) is 10.8 Å². The summed E-state index contributed by atoms with van der Waals surface area (Å²) in [5.74, 6) is 1.86. The predicted molar refractivity (Wildman–Crippen MR) is 136 cm³/mol. The average Bonchev–Trinajstić information content (AvgIpc) is 2.72. The van der Waals surface area contributed by atoms with Gasteiger partial charge in [0.25, 0.3) is 0 Å². The van der Waals surface area contributed by atoms with Gasteiger partial charge in [0.05, 0.1) is 17.1 Å². The van der Waals surface area contributed by atoms with Crippen molar-refractivity contribution in [3.8, 4) is 11.5 Å². The zero-order valence-corrected chi connectivity index (χ0v) is 20.1. The van der Waals surface area contributed by atoms with Crippen LogP contribution in [-0.2, 0) is 5.41 Å². The van der Waals surface area contributed by atoms with Crippen molar-refractivity contribution < 1.29 is 4.74 Å². The van der Waals surface area contributed by atoms with Crippen LogP contribution in [0.3, 0.4) is 0 Å². The number of ether oxygens (including phenoxy) is 1. The zero-order valence-electron chi connectivity index (χ0n) is 20.1. The molecule has 2 heteroatoms. The summed E-state index contributed by atoms with van der Waals surface area (Å²) < 4.78 is 6.56. The van der Waals surface area contributed by atoms with Crippen LogP contribution in [0, 0.1) is 27.7 Å². The third kappa shape index (κ3) is 3.17. The lowest BCUT2D eigenvalue weighted by Gasteiger charge is -2.37. The third-order valence-electron chi connectivity index (χ3n) is 6.53. The first-order valence-corrected chi connectivity index (χ1v) is 11.4. The third-order valence-corrected chi connectivity index (χ3v) is 6.53. The lowest BCUT2D eigenvalue weighted by Crippen LogP contribution is -2.20. The molecule has 0 aliphatic carbocycles. The normalized spacial score (nSPS) is 13.0. The molecule has 4 aromatic rings. The Kier molecular flexibility index (Phi) is 4.60. The van der Waals surface area contributed by atoms with Crippen LogP contribution >= 0.6 is 0 Å². The Hall–Kier alpha value is -3.26. The number of anilines is 3. The Balaban J connectivity index is 1.88. The molecule has 0 bridgehead atoms. The summed E-state index contributed by atoms with van der Waals surface area (Å²) in [5, 5.41) is 2.44. The van der Waals surface area contributed by atoms with E-state index >= 15 is 0 Å². The summed E-state index contributed by atoms with van der Waals surface area (Å²) in [6, 6.07) is 22.1. The summed E-state index contributed by atoms with van der Waals surface area (Å²) in [4.78, 5) is 2.43. The second-order valence-corrected chi connectivity index (χ2v) is 10.2. The molecule has 0 aromatic heterocycles. The first kappa shape index (κ1) is 20.6. The van der Waals surface area contributed by atoms with E-state index in [9.17, 15) is 0 Å². The van der Waals surface area contributed by atoms with Gasteiger partial charge in [-0.15, -0.1) is 0 Å². The van der Waals surface area contributed by atoms with Gasteiger partial charge >= 0.3 is 0 Å². The van der Waals surface area contributed by atoms with Crippen LogP contribution in [0.2, 0.25) is 0 Å². The van der Waals surface area contributed by atoms with E-state index in [4.69, 9.17) is 4.74 Å². The molecule has 0 saturated heterocycles. The largest absolute Gasteiger partial charge is 0.453 e. The van der Waals surface area contributed by atoms with Gasteiger partial charge in [0.1, 0.15) is 0 Å². The Morgan fingerprint density at radius 3 is 2.09 bits per heavy atom. The lowest BCUT2D eigenvalue weighted by molar-refractivity contribution is 0.473. The maximum atomic E-state index is 6.56. The highest BCUT2D eigenvalue weighted by molar-refractivity contribution is 6.05. The SMILES string of the molecule is Cc1ccc2c(c1)Oc1c(C)cc3ccccc3c1N2c1c(C)cc(C(C)(C)C)cc1C. The van der Waals surface area contributed by atoms with Crippen molar-refractivity contribution in [1.82, 2.24) is 0 Å². The highest BCUT2D eigenvalue weighted by Gasteiger charge is 2.31. The molecule has 162 valence electrons. The molecular weight excluding hydrogens is 390 g/mol.